The van der Waals surface area contributed by atoms with Crippen molar-refractivity contribution in [2.45, 2.75) is 65.0 Å². The Balaban J connectivity index is 2.24. The third-order valence-electron chi connectivity index (χ3n) is 5.26. The fourth-order valence-electron chi connectivity index (χ4n) is 3.79. The van der Waals surface area contributed by atoms with Crippen LogP contribution in [-0.4, -0.2) is 19.2 Å². The zero-order valence-corrected chi connectivity index (χ0v) is 18.2. The average molecular weight is 398 g/mol. The lowest BCUT2D eigenvalue weighted by molar-refractivity contribution is -0.153. The van der Waals surface area contributed by atoms with Gasteiger partial charge < -0.3 is 14.8 Å². The Hall–Kier alpha value is -2.49. The summed E-state index contributed by atoms with van der Waals surface area (Å²) < 4.78 is 11.4. The van der Waals surface area contributed by atoms with Crippen molar-refractivity contribution < 1.29 is 14.3 Å². The molecule has 2 aromatic carbocycles. The van der Waals surface area contributed by atoms with Gasteiger partial charge in [0.25, 0.3) is 0 Å². The smallest absolute Gasteiger partial charge is 0.333 e. The van der Waals surface area contributed by atoms with Crippen LogP contribution in [0.25, 0.3) is 0 Å². The van der Waals surface area contributed by atoms with Gasteiger partial charge in [-0.2, -0.15) is 0 Å². The van der Waals surface area contributed by atoms with Crippen molar-refractivity contribution in [2.24, 2.45) is 5.92 Å². The molecule has 29 heavy (non-hydrogen) atoms. The first-order chi connectivity index (χ1) is 14.1. The highest BCUT2D eigenvalue weighted by molar-refractivity contribution is 5.81. The average Bonchev–Trinajstić information content (AvgIpc) is 2.76. The summed E-state index contributed by atoms with van der Waals surface area (Å²) >= 11 is 0. The topological polar surface area (TPSA) is 47.6 Å². The van der Waals surface area contributed by atoms with Crippen LogP contribution < -0.4 is 10.1 Å². The van der Waals surface area contributed by atoms with Crippen LogP contribution in [0.4, 0.5) is 5.69 Å². The molecule has 0 fully saturated rings. The molecule has 0 saturated carbocycles. The Morgan fingerprint density at radius 1 is 0.966 bits per heavy atom. The van der Waals surface area contributed by atoms with E-state index in [-0.39, 0.29) is 12.1 Å². The molecule has 0 amide bonds. The number of methoxy groups -OCH3 is 1. The van der Waals surface area contributed by atoms with Crippen LogP contribution in [0.15, 0.2) is 54.6 Å². The number of rotatable bonds is 12. The fourth-order valence-corrected chi connectivity index (χ4v) is 3.79. The zero-order chi connectivity index (χ0) is 21.1. The van der Waals surface area contributed by atoms with Crippen molar-refractivity contribution in [1.29, 1.82) is 0 Å². The van der Waals surface area contributed by atoms with Crippen molar-refractivity contribution in [1.82, 2.24) is 0 Å². The molecule has 2 atom stereocenters. The lowest BCUT2D eigenvalue weighted by Crippen LogP contribution is -2.31. The summed E-state index contributed by atoms with van der Waals surface area (Å²) in [5.74, 6) is 0.919. The standard InChI is InChI=1S/C25H35NO3/c1-5-12-19(13-6-2)23(7-3)29-25(27)24(20-14-9-8-10-15-20)26-21-16-11-17-22(18-21)28-4/h8-11,14-19,23-24,26H,5-7,12-13H2,1-4H3/t23-,24?/m0/s1. The molecule has 4 heteroatoms. The van der Waals surface area contributed by atoms with Gasteiger partial charge in [-0.3, -0.25) is 0 Å². The van der Waals surface area contributed by atoms with Gasteiger partial charge in [0, 0.05) is 11.8 Å². The normalized spacial score (nSPS) is 13.0. The second-order valence-electron chi connectivity index (χ2n) is 7.44. The molecule has 0 heterocycles. The molecule has 0 aromatic heterocycles. The van der Waals surface area contributed by atoms with Crippen molar-refractivity contribution >= 4 is 11.7 Å². The maximum atomic E-state index is 13.3. The van der Waals surface area contributed by atoms with E-state index in [0.29, 0.717) is 5.92 Å². The quantitative estimate of drug-likeness (QED) is 0.422. The summed E-state index contributed by atoms with van der Waals surface area (Å²) in [7, 11) is 1.63. The number of nitrogens with one attached hydrogen (secondary N) is 1. The monoisotopic (exact) mass is 397 g/mol. The van der Waals surface area contributed by atoms with Gasteiger partial charge in [0.05, 0.1) is 7.11 Å². The molecule has 2 aromatic rings. The first kappa shape index (κ1) is 22.8. The van der Waals surface area contributed by atoms with Crippen LogP contribution in [0.2, 0.25) is 0 Å². The minimum absolute atomic E-state index is 0.0549. The molecule has 1 N–H and O–H groups in total. The van der Waals surface area contributed by atoms with Crippen molar-refractivity contribution in [3.05, 3.63) is 60.2 Å². The zero-order valence-electron chi connectivity index (χ0n) is 18.2. The molecule has 0 bridgehead atoms. The predicted octanol–water partition coefficient (Wildman–Crippen LogP) is 6.39. The van der Waals surface area contributed by atoms with Gasteiger partial charge in [-0.05, 0) is 42.9 Å². The van der Waals surface area contributed by atoms with E-state index in [4.69, 9.17) is 9.47 Å². The van der Waals surface area contributed by atoms with E-state index in [0.717, 1.165) is 49.1 Å². The second kappa shape index (κ2) is 12.2. The molecule has 4 nitrogen and oxygen atoms in total. The highest BCUT2D eigenvalue weighted by Gasteiger charge is 2.28. The van der Waals surface area contributed by atoms with Gasteiger partial charge in [0.2, 0.25) is 0 Å². The first-order valence-electron chi connectivity index (χ1n) is 10.8. The number of carbonyl (C=O) groups excluding carboxylic acids is 1. The first-order valence-corrected chi connectivity index (χ1v) is 10.8. The number of hydrogen-bond donors (Lipinski definition) is 1. The van der Waals surface area contributed by atoms with Crippen LogP contribution >= 0.6 is 0 Å². The molecule has 0 aliphatic heterocycles. The lowest BCUT2D eigenvalue weighted by atomic mass is 9.91. The van der Waals surface area contributed by atoms with Crippen LogP contribution in [0.5, 0.6) is 5.75 Å². The van der Waals surface area contributed by atoms with Crippen LogP contribution in [0.3, 0.4) is 0 Å². The minimum atomic E-state index is -0.568. The van der Waals surface area contributed by atoms with Crippen molar-refractivity contribution in [3.63, 3.8) is 0 Å². The molecule has 0 aliphatic carbocycles. The van der Waals surface area contributed by atoms with Gasteiger partial charge >= 0.3 is 5.97 Å². The highest BCUT2D eigenvalue weighted by Crippen LogP contribution is 2.28. The summed E-state index contributed by atoms with van der Waals surface area (Å²) in [5.41, 5.74) is 1.71. The molecule has 1 unspecified atom stereocenters. The van der Waals surface area contributed by atoms with E-state index in [2.05, 4.69) is 26.1 Å². The van der Waals surface area contributed by atoms with Crippen molar-refractivity contribution in [3.8, 4) is 5.75 Å². The molecular formula is C25H35NO3. The van der Waals surface area contributed by atoms with E-state index < -0.39 is 6.04 Å². The summed E-state index contributed by atoms with van der Waals surface area (Å²) in [5, 5.41) is 3.35. The molecule has 0 saturated heterocycles. The van der Waals surface area contributed by atoms with Crippen LogP contribution in [0.1, 0.15) is 64.5 Å². The Bertz CT molecular complexity index is 726. The number of carbonyl (C=O) groups is 1. The third kappa shape index (κ3) is 6.81. The molecule has 0 spiro atoms. The van der Waals surface area contributed by atoms with Gasteiger partial charge in [0.15, 0.2) is 6.04 Å². The van der Waals surface area contributed by atoms with E-state index in [1.54, 1.807) is 7.11 Å². The molecule has 158 valence electrons. The molecule has 0 radical (unpaired) electrons. The van der Waals surface area contributed by atoms with E-state index >= 15 is 0 Å². The van der Waals surface area contributed by atoms with E-state index in [9.17, 15) is 4.79 Å². The highest BCUT2D eigenvalue weighted by atomic mass is 16.5. The number of anilines is 1. The Labute approximate surface area is 175 Å². The second-order valence-corrected chi connectivity index (χ2v) is 7.44. The third-order valence-corrected chi connectivity index (χ3v) is 5.26. The van der Waals surface area contributed by atoms with E-state index in [1.165, 1.54) is 0 Å². The number of hydrogen-bond acceptors (Lipinski definition) is 4. The number of benzene rings is 2. The van der Waals surface area contributed by atoms with Gasteiger partial charge in [0.1, 0.15) is 11.9 Å². The maximum absolute atomic E-state index is 13.3. The Morgan fingerprint density at radius 2 is 1.66 bits per heavy atom. The maximum Gasteiger partial charge on any atom is 0.333 e. The van der Waals surface area contributed by atoms with Crippen LogP contribution in [-0.2, 0) is 9.53 Å². The van der Waals surface area contributed by atoms with Crippen molar-refractivity contribution in [2.75, 3.05) is 12.4 Å². The van der Waals surface area contributed by atoms with Crippen LogP contribution in [0, 0.1) is 5.92 Å². The summed E-state index contributed by atoms with van der Waals surface area (Å²) in [4.78, 5) is 13.3. The number of ether oxygens (including phenoxy) is 2. The minimum Gasteiger partial charge on any atom is -0.497 e. The molecular weight excluding hydrogens is 362 g/mol. The van der Waals surface area contributed by atoms with E-state index in [1.807, 2.05) is 54.6 Å². The fraction of sp³-hybridized carbons (Fsp3) is 0.480. The molecule has 2 rings (SSSR count). The summed E-state index contributed by atoms with van der Waals surface area (Å²) in [6, 6.07) is 16.8. The summed E-state index contributed by atoms with van der Waals surface area (Å²) in [6.07, 6.45) is 5.14. The molecule has 0 aliphatic rings. The SMILES string of the molecule is CCCC(CCC)[C@H](CC)OC(=O)C(Nc1cccc(OC)c1)c1ccccc1. The Kier molecular flexibility index (Phi) is 9.55. The Morgan fingerprint density at radius 3 is 2.24 bits per heavy atom. The van der Waals surface area contributed by atoms with Gasteiger partial charge in [-0.15, -0.1) is 0 Å². The number of esters is 1. The van der Waals surface area contributed by atoms with Gasteiger partial charge in [-0.1, -0.05) is 70.0 Å². The summed E-state index contributed by atoms with van der Waals surface area (Å²) in [6.45, 7) is 6.48. The largest absolute Gasteiger partial charge is 0.497 e. The van der Waals surface area contributed by atoms with Gasteiger partial charge in [-0.25, -0.2) is 4.79 Å². The lowest BCUT2D eigenvalue weighted by Gasteiger charge is -2.28. The predicted molar refractivity (Wildman–Crippen MR) is 119 cm³/mol.